The Labute approximate surface area is 203 Å². The Kier molecular flexibility index (Phi) is 5.65. The van der Waals surface area contributed by atoms with Crippen molar-refractivity contribution >= 4 is 28.5 Å². The number of allylic oxidation sites excluding steroid dienone is 1. The third kappa shape index (κ3) is 3.75. The number of thioether (sulfide) groups is 1. The second kappa shape index (κ2) is 8.64. The van der Waals surface area contributed by atoms with Crippen molar-refractivity contribution in [2.75, 3.05) is 20.1 Å². The van der Waals surface area contributed by atoms with Gasteiger partial charge in [-0.15, -0.1) is 11.8 Å². The number of fused-ring (bicyclic) bond motifs is 1. The van der Waals surface area contributed by atoms with E-state index < -0.39 is 5.54 Å². The van der Waals surface area contributed by atoms with E-state index in [-0.39, 0.29) is 23.0 Å². The number of rotatable bonds is 4. The van der Waals surface area contributed by atoms with E-state index in [2.05, 4.69) is 35.2 Å². The maximum absolute atomic E-state index is 13.3. The second-order valence-electron chi connectivity index (χ2n) is 9.00. The van der Waals surface area contributed by atoms with Crippen LogP contribution in [0.15, 0.2) is 59.6 Å². The first-order valence-corrected chi connectivity index (χ1v) is 12.0. The summed E-state index contributed by atoms with van der Waals surface area (Å²) in [5.74, 6) is -0.00987. The Morgan fingerprint density at radius 2 is 1.88 bits per heavy atom. The molecule has 1 amide bonds. The number of aliphatic imine (C=N–C) groups is 1. The quantitative estimate of drug-likeness (QED) is 0.739. The zero-order chi connectivity index (χ0) is 23.9. The molecule has 8 heteroatoms. The minimum atomic E-state index is -0.629. The van der Waals surface area contributed by atoms with Crippen molar-refractivity contribution < 1.29 is 4.79 Å². The van der Waals surface area contributed by atoms with Gasteiger partial charge in [0, 0.05) is 36.8 Å². The normalized spacial score (nSPS) is 26.4. The third-order valence-electron chi connectivity index (χ3n) is 6.88. The Hall–Kier alpha value is -3.59. The van der Waals surface area contributed by atoms with Gasteiger partial charge >= 0.3 is 0 Å². The van der Waals surface area contributed by atoms with Crippen LogP contribution in [0.25, 0.3) is 4.91 Å². The molecule has 1 saturated heterocycles. The molecule has 7 nitrogen and oxygen atoms in total. The molecule has 170 valence electrons. The van der Waals surface area contributed by atoms with Crippen LogP contribution in [0.5, 0.6) is 0 Å². The highest BCUT2D eigenvalue weighted by Gasteiger charge is 2.58. The summed E-state index contributed by atoms with van der Waals surface area (Å²) < 4.78 is 0. The summed E-state index contributed by atoms with van der Waals surface area (Å²) in [5.41, 5.74) is 8.58. The van der Waals surface area contributed by atoms with Crippen molar-refractivity contribution in [2.24, 2.45) is 16.6 Å². The molecular formula is C26H24N6OS. The van der Waals surface area contributed by atoms with Crippen molar-refractivity contribution in [1.82, 2.24) is 9.80 Å². The van der Waals surface area contributed by atoms with Gasteiger partial charge < -0.3 is 5.73 Å². The van der Waals surface area contributed by atoms with Crippen LogP contribution >= 0.6 is 11.8 Å². The third-order valence-corrected chi connectivity index (χ3v) is 8.43. The largest absolute Gasteiger partial charge is 0.369 e. The van der Waals surface area contributed by atoms with Gasteiger partial charge in [-0.05, 0) is 35.7 Å². The first-order chi connectivity index (χ1) is 16.4. The maximum atomic E-state index is 13.3. The van der Waals surface area contributed by atoms with Crippen molar-refractivity contribution in [3.63, 3.8) is 0 Å². The van der Waals surface area contributed by atoms with E-state index in [0.717, 1.165) is 23.4 Å². The molecule has 0 bridgehead atoms. The molecular weight excluding hydrogens is 444 g/mol. The van der Waals surface area contributed by atoms with Crippen LogP contribution in [0.4, 0.5) is 0 Å². The number of guanidine groups is 1. The topological polar surface area (TPSA) is 110 Å². The van der Waals surface area contributed by atoms with Gasteiger partial charge in [-0.25, -0.2) is 4.99 Å². The van der Waals surface area contributed by atoms with Crippen molar-refractivity contribution in [1.29, 1.82) is 10.5 Å². The standard InChI is InChI=1S/C26H24N6OS/c1-31-24(33)21-15-32(14-17-5-3-2-4-6-17)16-26(21,30-25(31)29)23-8-7-22(34-23)20-10-18(12-27)9-19(11-20)13-28/h2-7,9-11,21,23H,8,14-16H2,1H3,(H2,29,30)/t21-,23-,26-/m0/s1. The van der Waals surface area contributed by atoms with E-state index in [1.54, 1.807) is 24.9 Å². The van der Waals surface area contributed by atoms with Crippen molar-refractivity contribution in [3.8, 4) is 12.1 Å². The fourth-order valence-electron chi connectivity index (χ4n) is 5.20. The van der Waals surface area contributed by atoms with Crippen LogP contribution < -0.4 is 5.73 Å². The van der Waals surface area contributed by atoms with Crippen LogP contribution in [0, 0.1) is 28.6 Å². The van der Waals surface area contributed by atoms with Crippen molar-refractivity contribution in [2.45, 2.75) is 23.8 Å². The van der Waals surface area contributed by atoms with Crippen LogP contribution in [0.3, 0.4) is 0 Å². The molecule has 2 aromatic carbocycles. The molecule has 2 aromatic rings. The minimum absolute atomic E-state index is 0.00959. The monoisotopic (exact) mass is 468 g/mol. The van der Waals surface area contributed by atoms with E-state index in [1.807, 2.05) is 30.3 Å². The van der Waals surface area contributed by atoms with E-state index >= 15 is 0 Å². The van der Waals surface area contributed by atoms with Gasteiger partial charge in [-0.3, -0.25) is 14.6 Å². The number of nitrogens with two attached hydrogens (primary N) is 1. The summed E-state index contributed by atoms with van der Waals surface area (Å²) in [7, 11) is 1.69. The molecule has 1 fully saturated rings. The van der Waals surface area contributed by atoms with Crippen molar-refractivity contribution in [3.05, 3.63) is 76.9 Å². The number of amides is 1. The van der Waals surface area contributed by atoms with E-state index in [1.165, 1.54) is 10.5 Å². The molecule has 0 saturated carbocycles. The number of hydrogen-bond donors (Lipinski definition) is 1. The summed E-state index contributed by atoms with van der Waals surface area (Å²) in [5, 5.41) is 18.8. The zero-order valence-electron chi connectivity index (χ0n) is 18.8. The van der Waals surface area contributed by atoms with Crippen LogP contribution in [-0.4, -0.2) is 52.6 Å². The summed E-state index contributed by atoms with van der Waals surface area (Å²) >= 11 is 1.67. The number of benzene rings is 2. The first kappa shape index (κ1) is 22.2. The average Bonchev–Trinajstić information content (AvgIpc) is 3.49. The lowest BCUT2D eigenvalue weighted by atomic mass is 9.81. The number of carbonyl (C=O) groups is 1. The highest BCUT2D eigenvalue weighted by molar-refractivity contribution is 8.09. The summed E-state index contributed by atoms with van der Waals surface area (Å²) in [4.78, 5) is 23.1. The maximum Gasteiger partial charge on any atom is 0.235 e. The molecule has 0 spiro atoms. The average molecular weight is 469 g/mol. The molecule has 3 aliphatic heterocycles. The second-order valence-corrected chi connectivity index (χ2v) is 10.2. The van der Waals surface area contributed by atoms with Gasteiger partial charge in [0.25, 0.3) is 0 Å². The summed E-state index contributed by atoms with van der Waals surface area (Å²) in [6.07, 6.45) is 2.87. The number of nitrogens with zero attached hydrogens (tertiary/aromatic N) is 5. The molecule has 0 aliphatic carbocycles. The van der Waals surface area contributed by atoms with Crippen LogP contribution in [0.1, 0.15) is 28.7 Å². The number of nitriles is 2. The minimum Gasteiger partial charge on any atom is -0.369 e. The van der Waals surface area contributed by atoms with Gasteiger partial charge in [0.1, 0.15) is 5.54 Å². The molecule has 34 heavy (non-hydrogen) atoms. The lowest BCUT2D eigenvalue weighted by molar-refractivity contribution is -0.132. The fourth-order valence-corrected chi connectivity index (χ4v) is 6.65. The van der Waals surface area contributed by atoms with Gasteiger partial charge in [0.15, 0.2) is 5.96 Å². The summed E-state index contributed by atoms with van der Waals surface area (Å²) in [6.45, 7) is 2.02. The zero-order valence-corrected chi connectivity index (χ0v) is 19.6. The smallest absolute Gasteiger partial charge is 0.235 e. The predicted molar refractivity (Wildman–Crippen MR) is 132 cm³/mol. The lowest BCUT2D eigenvalue weighted by Gasteiger charge is -2.41. The SMILES string of the molecule is CN1C(=O)[C@@H]2CN(Cc3ccccc3)C[C@]2([C@@H]2CC=C(c3cc(C#N)cc(C#N)c3)S2)N=C1N. The van der Waals surface area contributed by atoms with Gasteiger partial charge in [-0.2, -0.15) is 10.5 Å². The molecule has 0 aromatic heterocycles. The summed E-state index contributed by atoms with van der Waals surface area (Å²) in [6, 6.07) is 19.7. The Morgan fingerprint density at radius 1 is 1.18 bits per heavy atom. The molecule has 3 aliphatic rings. The molecule has 0 unspecified atom stereocenters. The molecule has 3 atom stereocenters. The van der Waals surface area contributed by atoms with Gasteiger partial charge in [0.05, 0.1) is 29.2 Å². The Balaban J connectivity index is 1.46. The highest BCUT2D eigenvalue weighted by atomic mass is 32.2. The molecule has 2 N–H and O–H groups in total. The van der Waals surface area contributed by atoms with Gasteiger partial charge in [0.2, 0.25) is 5.91 Å². The molecule has 5 rings (SSSR count). The Bertz CT molecular complexity index is 1260. The molecule has 3 heterocycles. The number of likely N-dealkylation sites (tertiary alicyclic amines) is 1. The lowest BCUT2D eigenvalue weighted by Crippen LogP contribution is -2.59. The van der Waals surface area contributed by atoms with E-state index in [0.29, 0.717) is 24.2 Å². The fraction of sp³-hybridized carbons (Fsp3) is 0.308. The van der Waals surface area contributed by atoms with Crippen LogP contribution in [-0.2, 0) is 11.3 Å². The van der Waals surface area contributed by atoms with E-state index in [9.17, 15) is 15.3 Å². The first-order valence-electron chi connectivity index (χ1n) is 11.1. The van der Waals surface area contributed by atoms with E-state index in [4.69, 9.17) is 10.7 Å². The van der Waals surface area contributed by atoms with Gasteiger partial charge in [-0.1, -0.05) is 36.4 Å². The number of carbonyl (C=O) groups excluding carboxylic acids is 1. The Morgan fingerprint density at radius 3 is 2.56 bits per heavy atom. The highest BCUT2D eigenvalue weighted by Crippen LogP contribution is 2.51. The molecule has 0 radical (unpaired) electrons. The van der Waals surface area contributed by atoms with Crippen LogP contribution in [0.2, 0.25) is 0 Å². The number of hydrogen-bond acceptors (Lipinski definition) is 7. The predicted octanol–water partition coefficient (Wildman–Crippen LogP) is 2.93.